The summed E-state index contributed by atoms with van der Waals surface area (Å²) in [5.74, 6) is -0.363. The molecule has 0 radical (unpaired) electrons. The molecule has 0 aliphatic carbocycles. The highest BCUT2D eigenvalue weighted by Crippen LogP contribution is 2.29. The zero-order valence-electron chi connectivity index (χ0n) is 11.9. The van der Waals surface area contributed by atoms with Crippen LogP contribution in [0.5, 0.6) is 0 Å². The standard InChI is InChI=1S/C14H17Cl2NO3S/c1-3-17(8-14(19)20-4-2)13(18)9-21-12-7-10(15)5-6-11(12)16/h5-7H,3-4,8-9H2,1-2H3. The molecule has 4 nitrogen and oxygen atoms in total. The topological polar surface area (TPSA) is 46.6 Å². The highest BCUT2D eigenvalue weighted by atomic mass is 35.5. The van der Waals surface area contributed by atoms with Gasteiger partial charge in [-0.1, -0.05) is 23.2 Å². The Bertz CT molecular complexity index is 511. The van der Waals surface area contributed by atoms with Crippen LogP contribution >= 0.6 is 35.0 Å². The fourth-order valence-corrected chi connectivity index (χ4v) is 2.95. The number of carbonyl (C=O) groups is 2. The monoisotopic (exact) mass is 349 g/mol. The second-order valence-corrected chi connectivity index (χ2v) is 5.94. The fourth-order valence-electron chi connectivity index (χ4n) is 1.56. The van der Waals surface area contributed by atoms with Crippen molar-refractivity contribution >= 4 is 46.8 Å². The third-order valence-electron chi connectivity index (χ3n) is 2.60. The van der Waals surface area contributed by atoms with E-state index in [1.165, 1.54) is 16.7 Å². The number of carbonyl (C=O) groups excluding carboxylic acids is 2. The number of amides is 1. The lowest BCUT2D eigenvalue weighted by atomic mass is 10.4. The molecule has 0 bridgehead atoms. The second-order valence-electron chi connectivity index (χ2n) is 4.08. The summed E-state index contributed by atoms with van der Waals surface area (Å²) in [5.41, 5.74) is 0. The van der Waals surface area contributed by atoms with Gasteiger partial charge in [0.15, 0.2) is 0 Å². The first-order chi connectivity index (χ1) is 9.97. The molecule has 0 aliphatic rings. The Morgan fingerprint density at radius 2 is 2.00 bits per heavy atom. The van der Waals surface area contributed by atoms with Crippen molar-refractivity contribution in [2.24, 2.45) is 0 Å². The Balaban J connectivity index is 2.58. The molecule has 21 heavy (non-hydrogen) atoms. The van der Waals surface area contributed by atoms with Gasteiger partial charge in [-0.2, -0.15) is 0 Å². The number of thioether (sulfide) groups is 1. The lowest BCUT2D eigenvalue weighted by Gasteiger charge is -2.19. The van der Waals surface area contributed by atoms with Crippen molar-refractivity contribution in [2.45, 2.75) is 18.7 Å². The molecule has 0 unspecified atom stereocenters. The molecule has 1 aromatic carbocycles. The number of benzene rings is 1. The van der Waals surface area contributed by atoms with E-state index in [0.29, 0.717) is 23.2 Å². The molecule has 0 spiro atoms. The maximum atomic E-state index is 12.1. The normalized spacial score (nSPS) is 10.3. The first kappa shape index (κ1) is 18.1. The average molecular weight is 350 g/mol. The van der Waals surface area contributed by atoms with Crippen LogP contribution in [0, 0.1) is 0 Å². The summed E-state index contributed by atoms with van der Waals surface area (Å²) in [6, 6.07) is 5.09. The average Bonchev–Trinajstić information content (AvgIpc) is 2.45. The van der Waals surface area contributed by atoms with Gasteiger partial charge in [-0.3, -0.25) is 9.59 Å². The quantitative estimate of drug-likeness (QED) is 0.558. The van der Waals surface area contributed by atoms with Crippen LogP contribution in [-0.2, 0) is 14.3 Å². The first-order valence-electron chi connectivity index (χ1n) is 6.49. The molecule has 116 valence electrons. The van der Waals surface area contributed by atoms with Crippen molar-refractivity contribution in [3.8, 4) is 0 Å². The van der Waals surface area contributed by atoms with E-state index in [-0.39, 0.29) is 18.2 Å². The predicted octanol–water partition coefficient (Wildman–Crippen LogP) is 3.50. The summed E-state index contributed by atoms with van der Waals surface area (Å²) < 4.78 is 4.84. The van der Waals surface area contributed by atoms with Crippen LogP contribution in [0.4, 0.5) is 0 Å². The second kappa shape index (κ2) is 9.18. The van der Waals surface area contributed by atoms with Crippen molar-refractivity contribution in [3.05, 3.63) is 28.2 Å². The Labute approximate surface area is 138 Å². The number of ether oxygens (including phenoxy) is 1. The number of halogens is 2. The number of hydrogen-bond donors (Lipinski definition) is 0. The van der Waals surface area contributed by atoms with Crippen LogP contribution in [-0.4, -0.2) is 42.2 Å². The zero-order chi connectivity index (χ0) is 15.8. The third-order valence-corrected chi connectivity index (χ3v) is 4.32. The van der Waals surface area contributed by atoms with Crippen LogP contribution in [0.2, 0.25) is 10.0 Å². The van der Waals surface area contributed by atoms with Gasteiger partial charge in [0, 0.05) is 16.5 Å². The molecule has 1 aromatic rings. The lowest BCUT2D eigenvalue weighted by Crippen LogP contribution is -2.37. The number of esters is 1. The Kier molecular flexibility index (Phi) is 7.93. The smallest absolute Gasteiger partial charge is 0.325 e. The first-order valence-corrected chi connectivity index (χ1v) is 8.23. The molecule has 0 aliphatic heterocycles. The van der Waals surface area contributed by atoms with Gasteiger partial charge in [-0.15, -0.1) is 11.8 Å². The highest BCUT2D eigenvalue weighted by molar-refractivity contribution is 8.00. The van der Waals surface area contributed by atoms with Gasteiger partial charge < -0.3 is 9.64 Å². The van der Waals surface area contributed by atoms with E-state index in [1.54, 1.807) is 25.1 Å². The number of rotatable bonds is 7. The van der Waals surface area contributed by atoms with Crippen LogP contribution in [0.25, 0.3) is 0 Å². The largest absolute Gasteiger partial charge is 0.465 e. The van der Waals surface area contributed by atoms with Crippen LogP contribution < -0.4 is 0 Å². The molecule has 7 heteroatoms. The van der Waals surface area contributed by atoms with Crippen molar-refractivity contribution in [3.63, 3.8) is 0 Å². The predicted molar refractivity (Wildman–Crippen MR) is 86.1 cm³/mol. The van der Waals surface area contributed by atoms with E-state index in [2.05, 4.69) is 0 Å². The van der Waals surface area contributed by atoms with Crippen molar-refractivity contribution < 1.29 is 14.3 Å². The minimum absolute atomic E-state index is 0.0347. The summed E-state index contributed by atoms with van der Waals surface area (Å²) in [6.45, 7) is 4.26. The molecule has 1 rings (SSSR count). The van der Waals surface area contributed by atoms with E-state index in [1.807, 2.05) is 6.92 Å². The van der Waals surface area contributed by atoms with Gasteiger partial charge in [0.25, 0.3) is 0 Å². The van der Waals surface area contributed by atoms with Crippen LogP contribution in [0.15, 0.2) is 23.1 Å². The summed E-state index contributed by atoms with van der Waals surface area (Å²) >= 11 is 13.2. The number of nitrogens with zero attached hydrogens (tertiary/aromatic N) is 1. The molecule has 1 amide bonds. The Morgan fingerprint density at radius 1 is 1.29 bits per heavy atom. The van der Waals surface area contributed by atoms with Crippen LogP contribution in [0.1, 0.15) is 13.8 Å². The van der Waals surface area contributed by atoms with Crippen molar-refractivity contribution in [1.82, 2.24) is 4.90 Å². The zero-order valence-corrected chi connectivity index (χ0v) is 14.2. The third kappa shape index (κ3) is 6.16. The van der Waals surface area contributed by atoms with Gasteiger partial charge in [-0.05, 0) is 32.0 Å². The van der Waals surface area contributed by atoms with E-state index < -0.39 is 5.97 Å². The minimum atomic E-state index is -0.404. The van der Waals surface area contributed by atoms with Gasteiger partial charge in [0.05, 0.1) is 17.4 Å². The van der Waals surface area contributed by atoms with Gasteiger partial charge in [0.1, 0.15) is 6.54 Å². The Hall–Kier alpha value is -0.910. The van der Waals surface area contributed by atoms with Crippen molar-refractivity contribution in [2.75, 3.05) is 25.4 Å². The Morgan fingerprint density at radius 3 is 2.62 bits per heavy atom. The summed E-state index contributed by atoms with van der Waals surface area (Å²) in [5, 5.41) is 1.11. The SMILES string of the molecule is CCOC(=O)CN(CC)C(=O)CSc1cc(Cl)ccc1Cl. The summed E-state index contributed by atoms with van der Waals surface area (Å²) in [4.78, 5) is 25.7. The molecular formula is C14H17Cl2NO3S. The van der Waals surface area contributed by atoms with Gasteiger partial charge >= 0.3 is 5.97 Å². The minimum Gasteiger partial charge on any atom is -0.465 e. The van der Waals surface area contributed by atoms with Crippen LogP contribution in [0.3, 0.4) is 0 Å². The van der Waals surface area contributed by atoms with E-state index in [4.69, 9.17) is 27.9 Å². The molecule has 0 fully saturated rings. The number of likely N-dealkylation sites (N-methyl/N-ethyl adjacent to an activating group) is 1. The van der Waals surface area contributed by atoms with Gasteiger partial charge in [0.2, 0.25) is 5.91 Å². The highest BCUT2D eigenvalue weighted by Gasteiger charge is 2.17. The fraction of sp³-hybridized carbons (Fsp3) is 0.429. The molecule has 0 saturated carbocycles. The molecule has 0 atom stereocenters. The molecule has 0 heterocycles. The van der Waals surface area contributed by atoms with E-state index >= 15 is 0 Å². The maximum Gasteiger partial charge on any atom is 0.325 e. The summed E-state index contributed by atoms with van der Waals surface area (Å²) in [7, 11) is 0. The van der Waals surface area contributed by atoms with Gasteiger partial charge in [-0.25, -0.2) is 0 Å². The molecular weight excluding hydrogens is 333 g/mol. The molecule has 0 aromatic heterocycles. The summed E-state index contributed by atoms with van der Waals surface area (Å²) in [6.07, 6.45) is 0. The number of hydrogen-bond acceptors (Lipinski definition) is 4. The van der Waals surface area contributed by atoms with E-state index in [0.717, 1.165) is 4.90 Å². The van der Waals surface area contributed by atoms with E-state index in [9.17, 15) is 9.59 Å². The van der Waals surface area contributed by atoms with Crippen molar-refractivity contribution in [1.29, 1.82) is 0 Å². The molecule has 0 saturated heterocycles. The lowest BCUT2D eigenvalue weighted by molar-refractivity contribution is -0.148. The maximum absolute atomic E-state index is 12.1. The molecule has 0 N–H and O–H groups in total.